The molecule has 1 atom stereocenters. The van der Waals surface area contributed by atoms with E-state index in [2.05, 4.69) is 32.4 Å². The van der Waals surface area contributed by atoms with Crippen molar-refractivity contribution >= 4 is 29.5 Å². The van der Waals surface area contributed by atoms with Gasteiger partial charge in [-0.2, -0.15) is 0 Å². The number of rotatable bonds is 21. The van der Waals surface area contributed by atoms with E-state index in [0.29, 0.717) is 0 Å². The molecule has 0 aliphatic rings. The van der Waals surface area contributed by atoms with E-state index in [1.807, 2.05) is 6.07 Å². The maximum absolute atomic E-state index is 12.6. The van der Waals surface area contributed by atoms with Crippen molar-refractivity contribution in [2.45, 2.75) is 112 Å². The lowest BCUT2D eigenvalue weighted by Crippen LogP contribution is -2.60. The molecule has 0 aliphatic carbocycles. The topological polar surface area (TPSA) is 148 Å². The molecule has 3 N–H and O–H groups in total. The van der Waals surface area contributed by atoms with Gasteiger partial charge in [-0.3, -0.25) is 0 Å². The number of quaternary nitrogens is 1. The van der Waals surface area contributed by atoms with Gasteiger partial charge in [-0.15, -0.1) is 0 Å². The van der Waals surface area contributed by atoms with Gasteiger partial charge < -0.3 is 34.3 Å². The molecule has 0 saturated heterocycles. The first-order valence-electron chi connectivity index (χ1n) is 16.9. The van der Waals surface area contributed by atoms with Gasteiger partial charge >= 0.3 is 17.9 Å². The molecular weight excluding hydrogens is 624 g/mol. The van der Waals surface area contributed by atoms with Gasteiger partial charge in [0.25, 0.3) is 0 Å². The lowest BCUT2D eigenvalue weighted by molar-refractivity contribution is -0.929. The van der Waals surface area contributed by atoms with Crippen LogP contribution in [0.5, 0.6) is 0 Å². The Morgan fingerprint density at radius 1 is 0.766 bits per heavy atom. The van der Waals surface area contributed by atoms with E-state index in [9.17, 15) is 14.4 Å². The molecule has 1 heterocycles. The highest BCUT2D eigenvalue weighted by Gasteiger charge is 2.48. The number of unbranched alkanes of at least 4 members (excludes halogenated alkanes) is 4. The summed E-state index contributed by atoms with van der Waals surface area (Å²) < 4.78 is 21.6. The molecule has 11 heteroatoms. The summed E-state index contributed by atoms with van der Waals surface area (Å²) in [5, 5.41) is 0. The number of benzene rings is 1. The van der Waals surface area contributed by atoms with Crippen molar-refractivity contribution in [1.29, 1.82) is 0 Å². The Balaban J connectivity index is 0.00000101. The van der Waals surface area contributed by atoms with Crippen molar-refractivity contribution in [3.05, 3.63) is 59.5 Å². The zero-order chi connectivity index (χ0) is 34.4. The fourth-order valence-electron chi connectivity index (χ4n) is 4.98. The average molecular weight is 683 g/mol. The van der Waals surface area contributed by atoms with Crippen molar-refractivity contribution in [3.8, 4) is 0 Å². The van der Waals surface area contributed by atoms with Crippen LogP contribution in [0.2, 0.25) is 0 Å². The molecule has 2 aromatic rings. The zero-order valence-electron chi connectivity index (χ0n) is 29.4. The third kappa shape index (κ3) is 15.2. The highest BCUT2D eigenvalue weighted by Crippen LogP contribution is 2.21. The number of hydrogen-bond acceptors (Lipinski definition) is 9. The maximum atomic E-state index is 12.6. The number of hydrogen-bond donors (Lipinski definition) is 1. The Morgan fingerprint density at radius 3 is 1.66 bits per heavy atom. The highest BCUT2D eigenvalue weighted by atomic mass is 35.5. The van der Waals surface area contributed by atoms with E-state index >= 15 is 0 Å². The minimum atomic E-state index is -2.00. The summed E-state index contributed by atoms with van der Waals surface area (Å²) in [6, 6.07) is 11.5. The molecule has 0 radical (unpaired) electrons. The van der Waals surface area contributed by atoms with E-state index in [1.54, 1.807) is 38.1 Å². The zero-order valence-corrected chi connectivity index (χ0v) is 30.2. The third-order valence-electron chi connectivity index (χ3n) is 8.14. The SMILES string of the molecule is CC(C)[C@@](N)(C(=O)OCc1ccccc1)C(=O)OCc1ccc(C(=O)OCCl)o1.CCCC[N+](CCCC)(CCCC)CCCC.[OH-]. The summed E-state index contributed by atoms with van der Waals surface area (Å²) in [7, 11) is 0. The number of carbonyl (C=O) groups is 3. The minimum absolute atomic E-state index is 0. The highest BCUT2D eigenvalue weighted by molar-refractivity contribution is 6.17. The molecule has 0 amide bonds. The number of nitrogens with two attached hydrogens (primary N) is 1. The fourth-order valence-corrected chi connectivity index (χ4v) is 5.08. The van der Waals surface area contributed by atoms with Gasteiger partial charge in [0.15, 0.2) is 6.07 Å². The summed E-state index contributed by atoms with van der Waals surface area (Å²) in [6.45, 7) is 17.9. The first-order chi connectivity index (χ1) is 22.0. The van der Waals surface area contributed by atoms with Gasteiger partial charge in [0.2, 0.25) is 11.3 Å². The molecule has 268 valence electrons. The van der Waals surface area contributed by atoms with E-state index < -0.39 is 29.4 Å². The summed E-state index contributed by atoms with van der Waals surface area (Å²) in [5.41, 5.74) is 4.84. The number of ether oxygens (including phenoxy) is 3. The number of furan rings is 1. The number of halogens is 1. The van der Waals surface area contributed by atoms with Crippen molar-refractivity contribution in [3.63, 3.8) is 0 Å². The minimum Gasteiger partial charge on any atom is -0.870 e. The van der Waals surface area contributed by atoms with E-state index in [0.717, 1.165) is 5.56 Å². The monoisotopic (exact) mass is 682 g/mol. The van der Waals surface area contributed by atoms with Crippen LogP contribution in [0.25, 0.3) is 0 Å². The van der Waals surface area contributed by atoms with Crippen LogP contribution in [-0.4, -0.2) is 65.7 Å². The van der Waals surface area contributed by atoms with Crippen LogP contribution < -0.4 is 5.73 Å². The van der Waals surface area contributed by atoms with Gasteiger partial charge in [0.1, 0.15) is 19.0 Å². The predicted molar refractivity (Wildman–Crippen MR) is 184 cm³/mol. The van der Waals surface area contributed by atoms with Gasteiger partial charge in [0.05, 0.1) is 26.2 Å². The van der Waals surface area contributed by atoms with Crippen LogP contribution in [-0.2, 0) is 37.0 Å². The van der Waals surface area contributed by atoms with Crippen LogP contribution in [0.1, 0.15) is 115 Å². The molecule has 2 rings (SSSR count). The first kappa shape index (κ1) is 44.1. The Labute approximate surface area is 287 Å². The second kappa shape index (κ2) is 24.3. The van der Waals surface area contributed by atoms with E-state index in [-0.39, 0.29) is 36.3 Å². The summed E-state index contributed by atoms with van der Waals surface area (Å²) >= 11 is 5.32. The van der Waals surface area contributed by atoms with Gasteiger partial charge in [-0.1, -0.05) is 109 Å². The second-order valence-electron chi connectivity index (χ2n) is 12.1. The number of carbonyl (C=O) groups excluding carboxylic acids is 3. The molecule has 1 aromatic carbocycles. The molecule has 1 aromatic heterocycles. The normalized spacial score (nSPS) is 12.3. The number of alkyl halides is 1. The summed E-state index contributed by atoms with van der Waals surface area (Å²) in [5.74, 6) is -3.13. The van der Waals surface area contributed by atoms with Gasteiger partial charge in [0, 0.05) is 0 Å². The average Bonchev–Trinajstić information content (AvgIpc) is 3.55. The van der Waals surface area contributed by atoms with E-state index in [1.165, 1.54) is 94.2 Å². The maximum Gasteiger partial charge on any atom is 0.375 e. The van der Waals surface area contributed by atoms with Gasteiger partial charge in [-0.25, -0.2) is 14.4 Å². The fraction of sp³-hybridized carbons (Fsp3) is 0.639. The second-order valence-corrected chi connectivity index (χ2v) is 12.3. The summed E-state index contributed by atoms with van der Waals surface area (Å²) in [4.78, 5) is 36.7. The van der Waals surface area contributed by atoms with Crippen molar-refractivity contribution in [1.82, 2.24) is 0 Å². The largest absolute Gasteiger partial charge is 0.870 e. The molecule has 0 fully saturated rings. The van der Waals surface area contributed by atoms with Crippen LogP contribution in [0, 0.1) is 5.92 Å². The Morgan fingerprint density at radius 2 is 1.23 bits per heavy atom. The van der Waals surface area contributed by atoms with Crippen LogP contribution in [0.15, 0.2) is 46.9 Å². The van der Waals surface area contributed by atoms with E-state index in [4.69, 9.17) is 31.2 Å². The number of nitrogens with zero attached hydrogens (tertiary/aromatic N) is 1. The quantitative estimate of drug-likeness (QED) is 0.0462. The Bertz CT molecular complexity index is 1100. The molecule has 0 unspecified atom stereocenters. The lowest BCUT2D eigenvalue weighted by atomic mass is 9.87. The van der Waals surface area contributed by atoms with Crippen LogP contribution >= 0.6 is 11.6 Å². The number of esters is 3. The first-order valence-corrected chi connectivity index (χ1v) is 17.4. The van der Waals surface area contributed by atoms with Crippen molar-refractivity contribution in [2.75, 3.05) is 32.2 Å². The lowest BCUT2D eigenvalue weighted by Gasteiger charge is -2.39. The van der Waals surface area contributed by atoms with Crippen LogP contribution in [0.4, 0.5) is 0 Å². The molecule has 47 heavy (non-hydrogen) atoms. The predicted octanol–water partition coefficient (Wildman–Crippen LogP) is 7.60. The molecule has 0 spiro atoms. The Kier molecular flexibility index (Phi) is 22.7. The van der Waals surface area contributed by atoms with Gasteiger partial charge in [-0.05, 0) is 49.3 Å². The standard InChI is InChI=1S/C20H22ClNO7.C16H36N.H2O/c1-13(2)20(22,18(24)26-10-14-6-4-3-5-7-14)19(25)27-11-15-8-9-16(29-15)17(23)28-12-21;1-5-9-13-17(14-10-6-2,15-11-7-3)16-12-8-4;/h3-9,13H,10-12,22H2,1-2H3;5-16H2,1-4H3;1H2/q;+1;/p-1/t20-;;/m1../s1. The van der Waals surface area contributed by atoms with Crippen molar-refractivity contribution < 1.29 is 43.0 Å². The Hall–Kier alpha value is -2.92. The molecule has 0 saturated carbocycles. The third-order valence-corrected chi connectivity index (χ3v) is 8.25. The molecular formula is C36H59ClN2O8. The van der Waals surface area contributed by atoms with Crippen molar-refractivity contribution in [2.24, 2.45) is 11.7 Å². The molecule has 0 bridgehead atoms. The molecule has 10 nitrogen and oxygen atoms in total. The molecule has 0 aliphatic heterocycles. The summed E-state index contributed by atoms with van der Waals surface area (Å²) in [6.07, 6.45) is 11.1. The van der Waals surface area contributed by atoms with Crippen LogP contribution in [0.3, 0.4) is 0 Å². The smallest absolute Gasteiger partial charge is 0.375 e.